The van der Waals surface area contributed by atoms with Crippen LogP contribution in [0.5, 0.6) is 28.7 Å². The number of rotatable bonds is 9. The molecular formula is C32H36N2O7. The van der Waals surface area contributed by atoms with Crippen LogP contribution in [0, 0.1) is 0 Å². The highest BCUT2D eigenvalue weighted by Crippen LogP contribution is 2.38. The molecule has 0 bridgehead atoms. The molecule has 0 aromatic heterocycles. The first-order valence-corrected chi connectivity index (χ1v) is 13.2. The van der Waals surface area contributed by atoms with Gasteiger partial charge < -0.3 is 33.5 Å². The number of hydrogen-bond acceptors (Lipinski definition) is 7. The summed E-state index contributed by atoms with van der Waals surface area (Å²) in [7, 11) is 7.78. The molecule has 216 valence electrons. The molecule has 1 heterocycles. The van der Waals surface area contributed by atoms with Crippen LogP contribution >= 0.6 is 0 Å². The van der Waals surface area contributed by atoms with Gasteiger partial charge in [0.25, 0.3) is 5.91 Å². The Morgan fingerprint density at radius 3 is 1.41 bits per heavy atom. The molecule has 0 spiro atoms. The van der Waals surface area contributed by atoms with Crippen molar-refractivity contribution >= 4 is 17.4 Å². The van der Waals surface area contributed by atoms with E-state index in [0.29, 0.717) is 54.6 Å². The fourth-order valence-corrected chi connectivity index (χ4v) is 4.96. The molecule has 0 unspecified atom stereocenters. The summed E-state index contributed by atoms with van der Waals surface area (Å²) < 4.78 is 26.8. The minimum absolute atomic E-state index is 0.0773. The van der Waals surface area contributed by atoms with Gasteiger partial charge in [-0.05, 0) is 60.0 Å². The molecule has 2 amide bonds. The number of amides is 2. The number of ether oxygens (including phenoxy) is 5. The molecular weight excluding hydrogens is 524 g/mol. The minimum Gasteiger partial charge on any atom is -0.497 e. The van der Waals surface area contributed by atoms with E-state index in [9.17, 15) is 9.59 Å². The lowest BCUT2D eigenvalue weighted by atomic mass is 9.92. The summed E-state index contributed by atoms with van der Waals surface area (Å²) in [6, 6.07) is 18.6. The molecule has 1 saturated heterocycles. The van der Waals surface area contributed by atoms with Crippen LogP contribution in [0.15, 0.2) is 66.2 Å². The Kier molecular flexibility index (Phi) is 9.39. The molecule has 1 aliphatic heterocycles. The molecule has 0 radical (unpaired) electrons. The fraction of sp³-hybridized carbons (Fsp3) is 0.312. The van der Waals surface area contributed by atoms with Gasteiger partial charge in [-0.2, -0.15) is 0 Å². The fourth-order valence-electron chi connectivity index (χ4n) is 4.96. The van der Waals surface area contributed by atoms with Gasteiger partial charge in [0.05, 0.1) is 35.5 Å². The van der Waals surface area contributed by atoms with Crippen LogP contribution in [-0.2, 0) is 4.79 Å². The maximum Gasteiger partial charge on any atom is 0.254 e. The van der Waals surface area contributed by atoms with Crippen LogP contribution in [0.1, 0.15) is 28.4 Å². The monoisotopic (exact) mass is 560 g/mol. The van der Waals surface area contributed by atoms with Crippen molar-refractivity contribution in [3.05, 3.63) is 82.9 Å². The SMILES string of the molecule is COc1ccc(C(=C(C)C(=O)N2CCN(C(=O)c3cc(OC)c(OC)c(OC)c3)CC2)c2ccc(OC)cc2)cc1. The number of nitrogens with zero attached hydrogens (tertiary/aromatic N) is 2. The van der Waals surface area contributed by atoms with Gasteiger partial charge in [-0.25, -0.2) is 0 Å². The third kappa shape index (κ3) is 6.24. The second-order valence-electron chi connectivity index (χ2n) is 9.46. The number of benzene rings is 3. The van der Waals surface area contributed by atoms with Crippen molar-refractivity contribution < 1.29 is 33.3 Å². The number of carbonyl (C=O) groups excluding carboxylic acids is 2. The third-order valence-corrected chi connectivity index (χ3v) is 7.22. The summed E-state index contributed by atoms with van der Waals surface area (Å²) in [5.41, 5.74) is 3.67. The smallest absolute Gasteiger partial charge is 0.254 e. The highest BCUT2D eigenvalue weighted by molar-refractivity contribution is 6.04. The zero-order chi connectivity index (χ0) is 29.5. The highest BCUT2D eigenvalue weighted by Gasteiger charge is 2.28. The Hall–Kier alpha value is -4.66. The molecule has 0 aliphatic carbocycles. The predicted molar refractivity (Wildman–Crippen MR) is 156 cm³/mol. The molecule has 41 heavy (non-hydrogen) atoms. The van der Waals surface area contributed by atoms with E-state index in [4.69, 9.17) is 23.7 Å². The topological polar surface area (TPSA) is 86.8 Å². The largest absolute Gasteiger partial charge is 0.497 e. The van der Waals surface area contributed by atoms with Gasteiger partial charge in [-0.15, -0.1) is 0 Å². The summed E-state index contributed by atoms with van der Waals surface area (Å²) in [5.74, 6) is 2.48. The van der Waals surface area contributed by atoms with Gasteiger partial charge in [-0.1, -0.05) is 24.3 Å². The van der Waals surface area contributed by atoms with Crippen LogP contribution in [-0.4, -0.2) is 83.3 Å². The van der Waals surface area contributed by atoms with Gasteiger partial charge in [-0.3, -0.25) is 9.59 Å². The number of hydrogen-bond donors (Lipinski definition) is 0. The van der Waals surface area contributed by atoms with E-state index < -0.39 is 0 Å². The quantitative estimate of drug-likeness (QED) is 0.355. The minimum atomic E-state index is -0.166. The van der Waals surface area contributed by atoms with Crippen LogP contribution in [0.3, 0.4) is 0 Å². The van der Waals surface area contributed by atoms with E-state index in [1.165, 1.54) is 21.3 Å². The van der Waals surface area contributed by atoms with Gasteiger partial charge >= 0.3 is 0 Å². The molecule has 9 heteroatoms. The second-order valence-corrected chi connectivity index (χ2v) is 9.46. The highest BCUT2D eigenvalue weighted by atomic mass is 16.5. The maximum absolute atomic E-state index is 13.8. The van der Waals surface area contributed by atoms with Crippen molar-refractivity contribution in [2.75, 3.05) is 61.7 Å². The lowest BCUT2D eigenvalue weighted by Gasteiger charge is -2.35. The first-order valence-electron chi connectivity index (χ1n) is 13.2. The average Bonchev–Trinajstić information content (AvgIpc) is 3.04. The second kappa shape index (κ2) is 13.1. The van der Waals surface area contributed by atoms with Crippen LogP contribution in [0.4, 0.5) is 0 Å². The van der Waals surface area contributed by atoms with Crippen molar-refractivity contribution in [3.63, 3.8) is 0 Å². The first-order chi connectivity index (χ1) is 19.8. The number of carbonyl (C=O) groups is 2. The Balaban J connectivity index is 1.56. The molecule has 1 aliphatic rings. The number of piperazine rings is 1. The molecule has 3 aromatic rings. The molecule has 0 saturated carbocycles. The van der Waals surface area contributed by atoms with E-state index in [1.807, 2.05) is 55.5 Å². The van der Waals surface area contributed by atoms with Crippen LogP contribution < -0.4 is 23.7 Å². The van der Waals surface area contributed by atoms with E-state index in [2.05, 4.69) is 0 Å². The Labute approximate surface area is 240 Å². The van der Waals surface area contributed by atoms with Crippen molar-refractivity contribution in [2.24, 2.45) is 0 Å². The lowest BCUT2D eigenvalue weighted by Crippen LogP contribution is -2.50. The van der Waals surface area contributed by atoms with Crippen LogP contribution in [0.2, 0.25) is 0 Å². The van der Waals surface area contributed by atoms with Crippen molar-refractivity contribution in [3.8, 4) is 28.7 Å². The first kappa shape index (κ1) is 29.3. The van der Waals surface area contributed by atoms with E-state index in [-0.39, 0.29) is 11.8 Å². The van der Waals surface area contributed by atoms with Crippen molar-refractivity contribution in [1.82, 2.24) is 9.80 Å². The van der Waals surface area contributed by atoms with Gasteiger partial charge in [0.1, 0.15) is 11.5 Å². The van der Waals surface area contributed by atoms with Gasteiger partial charge in [0.2, 0.25) is 11.7 Å². The predicted octanol–water partition coefficient (Wildman–Crippen LogP) is 4.54. The summed E-state index contributed by atoms with van der Waals surface area (Å²) in [6.45, 7) is 3.46. The Morgan fingerprint density at radius 1 is 0.585 bits per heavy atom. The lowest BCUT2D eigenvalue weighted by molar-refractivity contribution is -0.128. The molecule has 0 N–H and O–H groups in total. The maximum atomic E-state index is 13.8. The van der Waals surface area contributed by atoms with Gasteiger partial charge in [0.15, 0.2) is 11.5 Å². The van der Waals surface area contributed by atoms with Crippen molar-refractivity contribution in [2.45, 2.75) is 6.92 Å². The third-order valence-electron chi connectivity index (χ3n) is 7.22. The van der Waals surface area contributed by atoms with Crippen LogP contribution in [0.25, 0.3) is 5.57 Å². The zero-order valence-corrected chi connectivity index (χ0v) is 24.4. The summed E-state index contributed by atoms with van der Waals surface area (Å²) in [4.78, 5) is 30.7. The zero-order valence-electron chi connectivity index (χ0n) is 24.4. The number of methoxy groups -OCH3 is 5. The molecule has 3 aromatic carbocycles. The molecule has 0 atom stereocenters. The standard InChI is InChI=1S/C32H36N2O7/c1-21(29(22-7-11-25(37-2)12-8-22)23-9-13-26(38-3)14-10-23)31(35)33-15-17-34(18-16-33)32(36)24-19-27(39-4)30(41-6)28(20-24)40-5/h7-14,19-20H,15-18H2,1-6H3. The van der Waals surface area contributed by atoms with E-state index in [1.54, 1.807) is 36.2 Å². The molecule has 9 nitrogen and oxygen atoms in total. The molecule has 4 rings (SSSR count). The summed E-state index contributed by atoms with van der Waals surface area (Å²) in [5, 5.41) is 0. The van der Waals surface area contributed by atoms with Crippen molar-refractivity contribution in [1.29, 1.82) is 0 Å². The Bertz CT molecular complexity index is 1330. The molecule has 1 fully saturated rings. The Morgan fingerprint density at radius 2 is 1.02 bits per heavy atom. The average molecular weight is 561 g/mol. The normalized spacial score (nSPS) is 12.8. The summed E-state index contributed by atoms with van der Waals surface area (Å²) in [6.07, 6.45) is 0. The summed E-state index contributed by atoms with van der Waals surface area (Å²) >= 11 is 0. The van der Waals surface area contributed by atoms with E-state index in [0.717, 1.165) is 28.2 Å². The van der Waals surface area contributed by atoms with Gasteiger partial charge in [0, 0.05) is 37.3 Å². The van der Waals surface area contributed by atoms with E-state index >= 15 is 0 Å².